The lowest BCUT2D eigenvalue weighted by atomic mass is 9.95. The Morgan fingerprint density at radius 1 is 1.04 bits per heavy atom. The predicted octanol–water partition coefficient (Wildman–Crippen LogP) is 5.35. The number of hydrogen-bond donors (Lipinski definition) is 2. The van der Waals surface area contributed by atoms with Crippen molar-refractivity contribution in [3.63, 3.8) is 0 Å². The number of nitrogens with one attached hydrogen (secondary N) is 1. The number of anilines is 2. The second kappa shape index (κ2) is 7.54. The van der Waals surface area contributed by atoms with E-state index in [0.717, 1.165) is 16.7 Å². The minimum absolute atomic E-state index is 0.327. The van der Waals surface area contributed by atoms with Crippen molar-refractivity contribution in [2.75, 3.05) is 17.3 Å². The summed E-state index contributed by atoms with van der Waals surface area (Å²) in [5.74, 6) is 1.19. The lowest BCUT2D eigenvalue weighted by Crippen LogP contribution is -2.23. The van der Waals surface area contributed by atoms with Gasteiger partial charge in [-0.15, -0.1) is 11.8 Å². The maximum absolute atomic E-state index is 5.96. The molecule has 3 aromatic rings. The molecule has 0 amide bonds. The van der Waals surface area contributed by atoms with Crippen LogP contribution < -0.4 is 11.1 Å². The molecule has 4 rings (SSSR count). The van der Waals surface area contributed by atoms with E-state index in [9.17, 15) is 0 Å². The van der Waals surface area contributed by atoms with Gasteiger partial charge in [0.2, 0.25) is 5.95 Å². The Balaban J connectivity index is 1.78. The molecule has 134 valence electrons. The normalized spacial score (nSPS) is 15.3. The van der Waals surface area contributed by atoms with Crippen LogP contribution in [0, 0.1) is 0 Å². The smallest absolute Gasteiger partial charge is 0.222 e. The molecule has 1 aliphatic carbocycles. The van der Waals surface area contributed by atoms with Gasteiger partial charge < -0.3 is 11.1 Å². The third-order valence-electron chi connectivity index (χ3n) is 5.08. The van der Waals surface area contributed by atoms with Gasteiger partial charge in [-0.1, -0.05) is 43.5 Å². The topological polar surface area (TPSA) is 63.8 Å². The molecule has 0 spiro atoms. The molecule has 5 heteroatoms. The van der Waals surface area contributed by atoms with E-state index >= 15 is 0 Å². The number of benzene rings is 2. The van der Waals surface area contributed by atoms with Gasteiger partial charge in [-0.25, -0.2) is 4.98 Å². The summed E-state index contributed by atoms with van der Waals surface area (Å²) >= 11 is 1.76. The molecule has 1 fully saturated rings. The van der Waals surface area contributed by atoms with Gasteiger partial charge in [-0.2, -0.15) is 4.98 Å². The SMILES string of the molecule is CSc1ccccc1-c1ccc2nc(N)nc(NC3CCCCC3)c2c1. The highest BCUT2D eigenvalue weighted by Crippen LogP contribution is 2.34. The number of fused-ring (bicyclic) bond motifs is 1. The molecule has 0 unspecified atom stereocenters. The fourth-order valence-electron chi connectivity index (χ4n) is 3.75. The molecule has 1 aliphatic rings. The first kappa shape index (κ1) is 17.2. The minimum Gasteiger partial charge on any atom is -0.368 e. The third-order valence-corrected chi connectivity index (χ3v) is 5.87. The quantitative estimate of drug-likeness (QED) is 0.611. The van der Waals surface area contributed by atoms with Crippen LogP contribution in [0.4, 0.5) is 11.8 Å². The Bertz CT molecular complexity index is 919. The van der Waals surface area contributed by atoms with Crippen LogP contribution in [0.1, 0.15) is 32.1 Å². The fraction of sp³-hybridized carbons (Fsp3) is 0.333. The van der Waals surface area contributed by atoms with Crippen LogP contribution >= 0.6 is 11.8 Å². The van der Waals surface area contributed by atoms with E-state index in [1.54, 1.807) is 11.8 Å². The van der Waals surface area contributed by atoms with Crippen molar-refractivity contribution in [3.8, 4) is 11.1 Å². The largest absolute Gasteiger partial charge is 0.368 e. The summed E-state index contributed by atoms with van der Waals surface area (Å²) < 4.78 is 0. The van der Waals surface area contributed by atoms with Crippen molar-refractivity contribution in [2.45, 2.75) is 43.0 Å². The van der Waals surface area contributed by atoms with Crippen LogP contribution in [0.3, 0.4) is 0 Å². The molecular formula is C21H24N4S. The first-order valence-electron chi connectivity index (χ1n) is 9.22. The lowest BCUT2D eigenvalue weighted by Gasteiger charge is -2.24. The summed E-state index contributed by atoms with van der Waals surface area (Å²) in [5, 5.41) is 4.68. The molecule has 1 saturated carbocycles. The zero-order valence-corrected chi connectivity index (χ0v) is 15.9. The van der Waals surface area contributed by atoms with Gasteiger partial charge in [-0.3, -0.25) is 0 Å². The second-order valence-corrected chi connectivity index (χ2v) is 7.69. The van der Waals surface area contributed by atoms with Gasteiger partial charge in [0.15, 0.2) is 0 Å². The molecule has 26 heavy (non-hydrogen) atoms. The van der Waals surface area contributed by atoms with E-state index in [0.29, 0.717) is 12.0 Å². The van der Waals surface area contributed by atoms with Gasteiger partial charge in [0.05, 0.1) is 5.52 Å². The van der Waals surface area contributed by atoms with Crippen molar-refractivity contribution in [1.29, 1.82) is 0 Å². The summed E-state index contributed by atoms with van der Waals surface area (Å²) in [5.41, 5.74) is 9.27. The van der Waals surface area contributed by atoms with Gasteiger partial charge in [-0.05, 0) is 48.4 Å². The number of hydrogen-bond acceptors (Lipinski definition) is 5. The molecule has 0 saturated heterocycles. The van der Waals surface area contributed by atoms with Gasteiger partial charge in [0, 0.05) is 16.3 Å². The third kappa shape index (κ3) is 3.49. The van der Waals surface area contributed by atoms with Crippen molar-refractivity contribution in [1.82, 2.24) is 9.97 Å². The van der Waals surface area contributed by atoms with Crippen molar-refractivity contribution >= 4 is 34.4 Å². The van der Waals surface area contributed by atoms with Crippen LogP contribution in [-0.4, -0.2) is 22.3 Å². The Morgan fingerprint density at radius 2 is 1.85 bits per heavy atom. The van der Waals surface area contributed by atoms with E-state index in [1.165, 1.54) is 48.1 Å². The Labute approximate surface area is 158 Å². The summed E-state index contributed by atoms with van der Waals surface area (Å²) in [4.78, 5) is 10.2. The van der Waals surface area contributed by atoms with Gasteiger partial charge in [0.1, 0.15) is 5.82 Å². The van der Waals surface area contributed by atoms with E-state index in [2.05, 4.69) is 57.9 Å². The van der Waals surface area contributed by atoms with E-state index in [-0.39, 0.29) is 0 Å². The summed E-state index contributed by atoms with van der Waals surface area (Å²) in [6.45, 7) is 0. The van der Waals surface area contributed by atoms with Crippen LogP contribution in [0.5, 0.6) is 0 Å². The average molecular weight is 365 g/mol. The highest BCUT2D eigenvalue weighted by Gasteiger charge is 2.16. The first-order valence-corrected chi connectivity index (χ1v) is 10.4. The molecule has 2 aromatic carbocycles. The molecule has 1 heterocycles. The monoisotopic (exact) mass is 364 g/mol. The second-order valence-electron chi connectivity index (χ2n) is 6.84. The van der Waals surface area contributed by atoms with Crippen LogP contribution in [-0.2, 0) is 0 Å². The van der Waals surface area contributed by atoms with E-state index in [4.69, 9.17) is 5.73 Å². The number of nitrogens with zero attached hydrogens (tertiary/aromatic N) is 2. The number of rotatable bonds is 4. The van der Waals surface area contributed by atoms with Gasteiger partial charge >= 0.3 is 0 Å². The number of aromatic nitrogens is 2. The molecule has 0 bridgehead atoms. The molecule has 0 aliphatic heterocycles. The zero-order valence-electron chi connectivity index (χ0n) is 15.0. The highest BCUT2D eigenvalue weighted by molar-refractivity contribution is 7.98. The molecule has 4 nitrogen and oxygen atoms in total. The van der Waals surface area contributed by atoms with Crippen LogP contribution in [0.25, 0.3) is 22.0 Å². The zero-order chi connectivity index (χ0) is 17.9. The maximum Gasteiger partial charge on any atom is 0.222 e. The minimum atomic E-state index is 0.327. The Hall–Kier alpha value is -2.27. The van der Waals surface area contributed by atoms with Crippen LogP contribution in [0.15, 0.2) is 47.4 Å². The van der Waals surface area contributed by atoms with E-state index < -0.39 is 0 Å². The molecule has 1 aromatic heterocycles. The van der Waals surface area contributed by atoms with Crippen LogP contribution in [0.2, 0.25) is 0 Å². The van der Waals surface area contributed by atoms with Crippen molar-refractivity contribution in [2.24, 2.45) is 0 Å². The van der Waals surface area contributed by atoms with Crippen molar-refractivity contribution in [3.05, 3.63) is 42.5 Å². The number of nitrogens with two attached hydrogens (primary N) is 1. The number of thioether (sulfide) groups is 1. The lowest BCUT2D eigenvalue weighted by molar-refractivity contribution is 0.462. The Morgan fingerprint density at radius 3 is 2.65 bits per heavy atom. The molecule has 3 N–H and O–H groups in total. The Kier molecular flexibility index (Phi) is 4.98. The standard InChI is InChI=1S/C21H24N4S/c1-26-19-10-6-5-9-16(19)14-11-12-18-17(13-14)20(25-21(22)24-18)23-15-7-3-2-4-8-15/h5-6,9-13,15H,2-4,7-8H2,1H3,(H3,22,23,24,25). The van der Waals surface area contributed by atoms with E-state index in [1.807, 2.05) is 6.07 Å². The highest BCUT2D eigenvalue weighted by atomic mass is 32.2. The first-order chi connectivity index (χ1) is 12.7. The summed E-state index contributed by atoms with van der Waals surface area (Å²) in [7, 11) is 0. The fourth-order valence-corrected chi connectivity index (χ4v) is 4.37. The summed E-state index contributed by atoms with van der Waals surface area (Å²) in [6.07, 6.45) is 8.39. The maximum atomic E-state index is 5.96. The summed E-state index contributed by atoms with van der Waals surface area (Å²) in [6, 6.07) is 15.3. The van der Waals surface area contributed by atoms with Crippen molar-refractivity contribution < 1.29 is 0 Å². The molecule has 0 radical (unpaired) electrons. The van der Waals surface area contributed by atoms with Gasteiger partial charge in [0.25, 0.3) is 0 Å². The molecule has 0 atom stereocenters. The average Bonchev–Trinajstić information content (AvgIpc) is 2.68. The molecular weight excluding hydrogens is 340 g/mol. The predicted molar refractivity (Wildman–Crippen MR) is 112 cm³/mol. The number of nitrogen functional groups attached to an aromatic ring is 1.